The molecule has 512 valence electrons. The third kappa shape index (κ3) is 23.1. The Labute approximate surface area is 545 Å². The highest BCUT2D eigenvalue weighted by Crippen LogP contribution is 2.49. The highest BCUT2D eigenvalue weighted by molar-refractivity contribution is 7.86. The van der Waals surface area contributed by atoms with Crippen LogP contribution in [0.2, 0.25) is 0 Å². The highest BCUT2D eigenvalue weighted by Gasteiger charge is 2.45. The van der Waals surface area contributed by atoms with Gasteiger partial charge in [0.1, 0.15) is 16.7 Å². The lowest BCUT2D eigenvalue weighted by Crippen LogP contribution is -2.43. The maximum atomic E-state index is 12.8. The minimum atomic E-state index is -4.84. The summed E-state index contributed by atoms with van der Waals surface area (Å²) in [6, 6.07) is 16.5. The van der Waals surface area contributed by atoms with Gasteiger partial charge < -0.3 is 50.7 Å². The number of nitrogens with one attached hydrogen (secondary N) is 4. The van der Waals surface area contributed by atoms with Crippen LogP contribution in [0.15, 0.2) is 112 Å². The summed E-state index contributed by atoms with van der Waals surface area (Å²) in [4.78, 5) is 48.5. The molecule has 0 saturated carbocycles. The maximum absolute atomic E-state index is 12.8. The number of hydrogen-bond acceptors (Lipinski definition) is 18. The Hall–Kier alpha value is -6.55. The minimum absolute atomic E-state index is 0.0217. The molecule has 3 aliphatic rings. The Bertz CT molecular complexity index is 3810. The zero-order valence-electron chi connectivity index (χ0n) is 52.9. The molecule has 1 aliphatic carbocycles. The molecule has 0 fully saturated rings. The van der Waals surface area contributed by atoms with Crippen molar-refractivity contribution in [3.63, 3.8) is 0 Å². The number of unbranched alkanes of at least 4 members (excludes halogenated alkanes) is 1. The number of carbonyl (C=O) groups excluding carboxylic acids is 4. The molecule has 0 saturated heterocycles. The van der Waals surface area contributed by atoms with Crippen LogP contribution in [0.1, 0.15) is 114 Å². The molecule has 0 bridgehead atoms. The molecule has 0 spiro atoms. The normalized spacial score (nSPS) is 16.5. The number of hydrogen-bond donors (Lipinski definition) is 8. The van der Waals surface area contributed by atoms with Gasteiger partial charge in [0.05, 0.1) is 72.8 Å². The number of rotatable bonds is 38. The summed E-state index contributed by atoms with van der Waals surface area (Å²) >= 11 is 0. The van der Waals surface area contributed by atoms with Gasteiger partial charge >= 0.3 is 0 Å². The van der Waals surface area contributed by atoms with Crippen LogP contribution in [0.25, 0.3) is 5.57 Å². The van der Waals surface area contributed by atoms with E-state index in [-0.39, 0.29) is 62.3 Å². The summed E-state index contributed by atoms with van der Waals surface area (Å²) in [6.45, 7) is 10.2. The van der Waals surface area contributed by atoms with Crippen molar-refractivity contribution in [2.24, 2.45) is 5.73 Å². The van der Waals surface area contributed by atoms with Gasteiger partial charge in [-0.2, -0.15) is 29.8 Å². The Balaban J connectivity index is 1.09. The van der Waals surface area contributed by atoms with E-state index in [1.54, 1.807) is 6.07 Å². The lowest BCUT2D eigenvalue weighted by Gasteiger charge is -2.27. The predicted molar refractivity (Wildman–Crippen MR) is 349 cm³/mol. The van der Waals surface area contributed by atoms with Crippen molar-refractivity contribution >= 4 is 86.8 Å². The van der Waals surface area contributed by atoms with Gasteiger partial charge in [-0.3, -0.25) is 32.8 Å². The fourth-order valence-electron chi connectivity index (χ4n) is 11.3. The van der Waals surface area contributed by atoms with E-state index in [9.17, 15) is 71.1 Å². The van der Waals surface area contributed by atoms with Crippen LogP contribution in [0.5, 0.6) is 0 Å². The van der Waals surface area contributed by atoms with Gasteiger partial charge in [0.2, 0.25) is 29.3 Å². The number of nitrogens with two attached hydrogens (primary N) is 1. The summed E-state index contributed by atoms with van der Waals surface area (Å²) in [5, 5.41) is 10.3. The zero-order valence-corrected chi connectivity index (χ0v) is 56.2. The quantitative estimate of drug-likeness (QED) is 0.0222. The van der Waals surface area contributed by atoms with Crippen LogP contribution in [0.4, 0.5) is 11.4 Å². The molecular formula is C63H87N7O19S4. The molecule has 9 N–H and O–H groups in total. The lowest BCUT2D eigenvalue weighted by molar-refractivity contribution is -0.437. The monoisotopic (exact) mass is 1370 g/mol. The van der Waals surface area contributed by atoms with Gasteiger partial charge in [0.15, 0.2) is 5.71 Å². The van der Waals surface area contributed by atoms with Crippen molar-refractivity contribution in [2.75, 3.05) is 102 Å². The van der Waals surface area contributed by atoms with Gasteiger partial charge in [0, 0.05) is 80.2 Å². The molecule has 3 aromatic carbocycles. The van der Waals surface area contributed by atoms with E-state index in [0.717, 1.165) is 34.3 Å². The van der Waals surface area contributed by atoms with Gasteiger partial charge in [-0.25, -0.2) is 8.42 Å². The van der Waals surface area contributed by atoms with Crippen LogP contribution in [0.3, 0.4) is 0 Å². The van der Waals surface area contributed by atoms with E-state index < -0.39 is 79.5 Å². The Morgan fingerprint density at radius 1 is 0.634 bits per heavy atom. The first kappa shape index (κ1) is 75.5. The predicted octanol–water partition coefficient (Wildman–Crippen LogP) is 4.54. The molecule has 0 unspecified atom stereocenters. The molecule has 93 heavy (non-hydrogen) atoms. The number of benzene rings is 3. The van der Waals surface area contributed by atoms with Gasteiger partial charge in [-0.05, 0) is 141 Å². The number of ether oxygens (including phenoxy) is 3. The second-order valence-electron chi connectivity index (χ2n) is 23.7. The fourth-order valence-corrected chi connectivity index (χ4v) is 13.3. The van der Waals surface area contributed by atoms with E-state index in [0.29, 0.717) is 138 Å². The summed E-state index contributed by atoms with van der Waals surface area (Å²) in [6.07, 6.45) is 13.4. The van der Waals surface area contributed by atoms with Crippen LogP contribution >= 0.6 is 0 Å². The Morgan fingerprint density at radius 3 is 1.83 bits per heavy atom. The molecule has 6 rings (SSSR count). The number of allylic oxidation sites excluding steroid dienone is 8. The highest BCUT2D eigenvalue weighted by atomic mass is 32.2. The average Bonchev–Trinajstić information content (AvgIpc) is 1.60. The van der Waals surface area contributed by atoms with Crippen LogP contribution in [-0.4, -0.2) is 183 Å². The van der Waals surface area contributed by atoms with Crippen molar-refractivity contribution in [3.05, 3.63) is 124 Å². The molecule has 2 aliphatic heterocycles. The summed E-state index contributed by atoms with van der Waals surface area (Å²) in [5.74, 6) is -2.47. The molecule has 4 amide bonds. The maximum Gasteiger partial charge on any atom is 0.294 e. The Kier molecular flexibility index (Phi) is 27.8. The van der Waals surface area contributed by atoms with Crippen LogP contribution in [0, 0.1) is 0 Å². The molecular weight excluding hydrogens is 1290 g/mol. The minimum Gasteiger partial charge on any atom is -0.744 e. The van der Waals surface area contributed by atoms with Crippen LogP contribution < -0.4 is 31.9 Å². The van der Waals surface area contributed by atoms with E-state index in [1.807, 2.05) is 85.7 Å². The largest absolute Gasteiger partial charge is 0.744 e. The smallest absolute Gasteiger partial charge is 0.294 e. The average molecular weight is 1370 g/mol. The van der Waals surface area contributed by atoms with E-state index in [1.165, 1.54) is 30.3 Å². The second kappa shape index (κ2) is 34.2. The van der Waals surface area contributed by atoms with E-state index in [2.05, 4.69) is 21.3 Å². The molecule has 0 aromatic heterocycles. The first-order chi connectivity index (χ1) is 43.8. The summed E-state index contributed by atoms with van der Waals surface area (Å²) < 4.78 is 157. The van der Waals surface area contributed by atoms with Gasteiger partial charge in [-0.1, -0.05) is 50.3 Å². The number of aryl methyl sites for hydroxylation is 1. The summed E-state index contributed by atoms with van der Waals surface area (Å²) in [7, 11) is -18.1. The number of fused-ring (bicyclic) bond motifs is 2. The topological polar surface area (TPSA) is 397 Å². The number of amides is 4. The van der Waals surface area contributed by atoms with Crippen molar-refractivity contribution in [3.8, 4) is 0 Å². The fraction of sp³-hybridized carbons (Fsp3) is 0.508. The zero-order chi connectivity index (χ0) is 68.2. The third-order valence-electron chi connectivity index (χ3n) is 16.1. The SMILES string of the molecule is CC1(C)C(/C=C/C2=C(c3ccc(CCCCC(=O)NCCCOCCOCCOCCCNC(=O)CNC(=O)CNC(=O)CN)cc3)C(=C/C=C3/N(CCCS(=O)(=O)O)c4ccc(S(=O)(=O)O)cc4C3(C)C)/CCC2)=[N+](CCCS(=O)(=O)O)c2ccc(S(=O)(=O)[O-])cc21. The molecule has 2 heterocycles. The van der Waals surface area contributed by atoms with Gasteiger partial charge in [-0.15, -0.1) is 0 Å². The standard InChI is InChI=1S/C63H87N7O19S4/c1-62(2)51-40-49(92(81,82)83)22-24-53(51)69(30-10-38-90(75,76)77)55(62)26-20-46-13-7-14-47(21-27-56-63(3,4)52-41-50(93(84,85)86)23-25-54(52)70(56)31-11-39-91(78,79)80)61(46)48-18-16-45(17-19-48)12-5-6-15-57(71)65-28-8-32-87-34-36-89-37-35-88-33-9-29-66-59(73)43-68-60(74)44-67-58(72)42-64/h16-27,40-41H,5-15,28-39,42-44,64H2,1-4H3,(H7-,65,66,67,68,71,72,73,74,75,76,77,78,79,80,81,82,83,84,85,86). The molecule has 0 atom stereocenters. The number of carbonyl (C=O) groups is 4. The first-order valence-electron chi connectivity index (χ1n) is 30.8. The third-order valence-corrected chi connectivity index (χ3v) is 19.3. The molecule has 30 heteroatoms. The second-order valence-corrected chi connectivity index (χ2v) is 29.7. The molecule has 26 nitrogen and oxygen atoms in total. The molecule has 3 aromatic rings. The lowest BCUT2D eigenvalue weighted by atomic mass is 9.79. The molecule has 0 radical (unpaired) electrons. The van der Waals surface area contributed by atoms with Crippen molar-refractivity contribution in [1.29, 1.82) is 0 Å². The number of anilines is 1. The van der Waals surface area contributed by atoms with Gasteiger partial charge in [0.25, 0.3) is 30.4 Å². The number of nitrogens with zero attached hydrogens (tertiary/aromatic N) is 2. The van der Waals surface area contributed by atoms with E-state index in [4.69, 9.17) is 19.9 Å². The Morgan fingerprint density at radius 2 is 1.22 bits per heavy atom. The first-order valence-corrected chi connectivity index (χ1v) is 36.8. The van der Waals surface area contributed by atoms with Crippen LogP contribution in [-0.2, 0) is 91.1 Å². The van der Waals surface area contributed by atoms with Crippen molar-refractivity contribution in [2.45, 2.75) is 119 Å². The van der Waals surface area contributed by atoms with Crippen molar-refractivity contribution < 1.29 is 89.8 Å². The van der Waals surface area contributed by atoms with E-state index >= 15 is 0 Å². The summed E-state index contributed by atoms with van der Waals surface area (Å²) in [5.41, 5.74) is 11.7. The van der Waals surface area contributed by atoms with Crippen molar-refractivity contribution in [1.82, 2.24) is 21.3 Å².